The van der Waals surface area contributed by atoms with Crippen molar-refractivity contribution < 1.29 is 19.1 Å². The fourth-order valence-corrected chi connectivity index (χ4v) is 2.97. The quantitative estimate of drug-likeness (QED) is 0.314. The molecule has 0 spiro atoms. The van der Waals surface area contributed by atoms with Crippen LogP contribution in [0.1, 0.15) is 24.2 Å². The molecular formula is C26H22N2O4. The molecule has 0 aromatic heterocycles. The molecule has 0 bridgehead atoms. The highest BCUT2D eigenvalue weighted by Crippen LogP contribution is 2.27. The minimum Gasteiger partial charge on any atom is -0.492 e. The summed E-state index contributed by atoms with van der Waals surface area (Å²) in [6.45, 7) is 2.27. The summed E-state index contributed by atoms with van der Waals surface area (Å²) in [5.74, 6) is -0.949. The molecule has 6 heteroatoms. The predicted octanol–water partition coefficient (Wildman–Crippen LogP) is 4.92. The van der Waals surface area contributed by atoms with E-state index >= 15 is 0 Å². The number of nitrogens with one attached hydrogen (secondary N) is 1. The summed E-state index contributed by atoms with van der Waals surface area (Å²) in [5, 5.41) is 12.2. The molecule has 0 aliphatic heterocycles. The Morgan fingerprint density at radius 1 is 0.969 bits per heavy atom. The van der Waals surface area contributed by atoms with Crippen molar-refractivity contribution in [3.05, 3.63) is 102 Å². The van der Waals surface area contributed by atoms with E-state index in [1.807, 2.05) is 19.1 Å². The number of anilines is 1. The molecule has 1 amide bonds. The molecule has 0 fully saturated rings. The summed E-state index contributed by atoms with van der Waals surface area (Å²) in [5.41, 5.74) is 1.40. The van der Waals surface area contributed by atoms with Crippen LogP contribution in [0.5, 0.6) is 5.75 Å². The Hall–Kier alpha value is -4.37. The fourth-order valence-electron chi connectivity index (χ4n) is 2.97. The monoisotopic (exact) mass is 426 g/mol. The van der Waals surface area contributed by atoms with Crippen LogP contribution in [0.2, 0.25) is 0 Å². The number of hydrogen-bond donors (Lipinski definition) is 1. The standard InChI is InChI=1S/C26H22N2O4/c1-2-31-23-16-10-9-15-22(23)28-25(29)24(20-13-7-4-8-14-20)32-26(30)21(18-27)17-19-11-5-3-6-12-19/h3-17,24H,2H2,1H3,(H,28,29)/b21-17+/t24-/m0/s1. The second kappa shape index (κ2) is 11.1. The Morgan fingerprint density at radius 3 is 2.25 bits per heavy atom. The Balaban J connectivity index is 1.87. The lowest BCUT2D eigenvalue weighted by molar-refractivity contribution is -0.150. The van der Waals surface area contributed by atoms with Gasteiger partial charge < -0.3 is 14.8 Å². The second-order valence-corrected chi connectivity index (χ2v) is 6.69. The smallest absolute Gasteiger partial charge is 0.350 e. The van der Waals surface area contributed by atoms with Crippen LogP contribution >= 0.6 is 0 Å². The SMILES string of the molecule is CCOc1ccccc1NC(=O)[C@@H](OC(=O)/C(C#N)=C/c1ccccc1)c1ccccc1. The third kappa shape index (κ3) is 5.83. The van der Waals surface area contributed by atoms with Gasteiger partial charge in [0.25, 0.3) is 5.91 Å². The van der Waals surface area contributed by atoms with Gasteiger partial charge in [0.2, 0.25) is 6.10 Å². The molecule has 0 heterocycles. The largest absolute Gasteiger partial charge is 0.492 e. The number of rotatable bonds is 8. The highest BCUT2D eigenvalue weighted by atomic mass is 16.5. The van der Waals surface area contributed by atoms with Crippen molar-refractivity contribution in [3.8, 4) is 11.8 Å². The first-order valence-corrected chi connectivity index (χ1v) is 10.1. The van der Waals surface area contributed by atoms with Crippen LogP contribution in [0.3, 0.4) is 0 Å². The molecule has 6 nitrogen and oxygen atoms in total. The van der Waals surface area contributed by atoms with Crippen LogP contribution in [0.4, 0.5) is 5.69 Å². The topological polar surface area (TPSA) is 88.4 Å². The summed E-state index contributed by atoms with van der Waals surface area (Å²) in [6.07, 6.45) is 0.165. The first-order chi connectivity index (χ1) is 15.6. The van der Waals surface area contributed by atoms with Gasteiger partial charge in [0.05, 0.1) is 12.3 Å². The first-order valence-electron chi connectivity index (χ1n) is 10.1. The number of benzene rings is 3. The minimum absolute atomic E-state index is 0.209. The number of para-hydroxylation sites is 2. The van der Waals surface area contributed by atoms with Crippen molar-refractivity contribution in [3.63, 3.8) is 0 Å². The second-order valence-electron chi connectivity index (χ2n) is 6.69. The van der Waals surface area contributed by atoms with Gasteiger partial charge >= 0.3 is 5.97 Å². The number of amides is 1. The van der Waals surface area contributed by atoms with E-state index in [1.165, 1.54) is 6.08 Å². The third-order valence-corrected chi connectivity index (χ3v) is 4.46. The van der Waals surface area contributed by atoms with Crippen LogP contribution in [-0.2, 0) is 14.3 Å². The number of hydrogen-bond acceptors (Lipinski definition) is 5. The Bertz CT molecular complexity index is 1140. The summed E-state index contributed by atoms with van der Waals surface area (Å²) in [7, 11) is 0. The zero-order chi connectivity index (χ0) is 22.8. The van der Waals surface area contributed by atoms with E-state index in [-0.39, 0.29) is 5.57 Å². The van der Waals surface area contributed by atoms with Crippen LogP contribution in [0.15, 0.2) is 90.5 Å². The van der Waals surface area contributed by atoms with Gasteiger partial charge in [-0.1, -0.05) is 72.8 Å². The number of carbonyl (C=O) groups excluding carboxylic acids is 2. The molecule has 160 valence electrons. The molecule has 0 aliphatic carbocycles. The maximum absolute atomic E-state index is 13.1. The highest BCUT2D eigenvalue weighted by Gasteiger charge is 2.27. The first kappa shape index (κ1) is 22.3. The van der Waals surface area contributed by atoms with Gasteiger partial charge in [0.15, 0.2) is 0 Å². The van der Waals surface area contributed by atoms with Crippen molar-refractivity contribution in [2.45, 2.75) is 13.0 Å². The van der Waals surface area contributed by atoms with Crippen LogP contribution in [-0.4, -0.2) is 18.5 Å². The van der Waals surface area contributed by atoms with E-state index in [1.54, 1.807) is 78.9 Å². The van der Waals surface area contributed by atoms with Gasteiger partial charge in [-0.2, -0.15) is 5.26 Å². The van der Waals surface area contributed by atoms with Crippen LogP contribution in [0, 0.1) is 11.3 Å². The molecule has 0 saturated carbocycles. The summed E-state index contributed by atoms with van der Waals surface area (Å²) >= 11 is 0. The minimum atomic E-state index is -1.26. The van der Waals surface area contributed by atoms with Crippen molar-refractivity contribution >= 4 is 23.6 Å². The van der Waals surface area contributed by atoms with E-state index in [0.717, 1.165) is 0 Å². The average molecular weight is 426 g/mol. The van der Waals surface area contributed by atoms with Gasteiger partial charge in [-0.05, 0) is 30.7 Å². The fraction of sp³-hybridized carbons (Fsp3) is 0.115. The maximum atomic E-state index is 13.1. The van der Waals surface area contributed by atoms with E-state index in [0.29, 0.717) is 29.2 Å². The zero-order valence-electron chi connectivity index (χ0n) is 17.5. The van der Waals surface area contributed by atoms with E-state index in [4.69, 9.17) is 9.47 Å². The van der Waals surface area contributed by atoms with Crippen LogP contribution < -0.4 is 10.1 Å². The van der Waals surface area contributed by atoms with Crippen molar-refractivity contribution in [1.29, 1.82) is 5.26 Å². The molecule has 0 saturated heterocycles. The number of ether oxygens (including phenoxy) is 2. The number of nitrogens with zero attached hydrogens (tertiary/aromatic N) is 1. The van der Waals surface area contributed by atoms with Gasteiger partial charge in [-0.25, -0.2) is 4.79 Å². The predicted molar refractivity (Wildman–Crippen MR) is 122 cm³/mol. The van der Waals surface area contributed by atoms with Crippen LogP contribution in [0.25, 0.3) is 6.08 Å². The van der Waals surface area contributed by atoms with Crippen molar-refractivity contribution in [2.24, 2.45) is 0 Å². The van der Waals surface area contributed by atoms with E-state index in [2.05, 4.69) is 5.32 Å². The van der Waals surface area contributed by atoms with E-state index in [9.17, 15) is 14.9 Å². The molecule has 0 radical (unpaired) electrons. The number of carbonyl (C=O) groups is 2. The van der Waals surface area contributed by atoms with Gasteiger partial charge in [0.1, 0.15) is 17.4 Å². The molecule has 3 rings (SSSR count). The lowest BCUT2D eigenvalue weighted by Gasteiger charge is -2.19. The summed E-state index contributed by atoms with van der Waals surface area (Å²) in [4.78, 5) is 25.9. The van der Waals surface area contributed by atoms with Gasteiger partial charge in [-0.3, -0.25) is 4.79 Å². The van der Waals surface area contributed by atoms with Gasteiger partial charge in [-0.15, -0.1) is 0 Å². The highest BCUT2D eigenvalue weighted by molar-refractivity contribution is 6.01. The Kier molecular flexibility index (Phi) is 7.77. The Labute approximate surface area is 186 Å². The zero-order valence-corrected chi connectivity index (χ0v) is 17.5. The van der Waals surface area contributed by atoms with Crippen molar-refractivity contribution in [2.75, 3.05) is 11.9 Å². The lowest BCUT2D eigenvalue weighted by atomic mass is 10.1. The number of nitriles is 1. The molecule has 3 aromatic carbocycles. The molecule has 1 atom stereocenters. The summed E-state index contributed by atoms with van der Waals surface area (Å²) in [6, 6.07) is 26.4. The normalized spacial score (nSPS) is 11.7. The summed E-state index contributed by atoms with van der Waals surface area (Å²) < 4.78 is 11.1. The van der Waals surface area contributed by atoms with Gasteiger partial charge in [0, 0.05) is 5.56 Å². The molecular weight excluding hydrogens is 404 g/mol. The molecule has 32 heavy (non-hydrogen) atoms. The van der Waals surface area contributed by atoms with E-state index < -0.39 is 18.0 Å². The average Bonchev–Trinajstić information content (AvgIpc) is 2.83. The maximum Gasteiger partial charge on any atom is 0.350 e. The molecule has 3 aromatic rings. The Morgan fingerprint density at radius 2 is 1.59 bits per heavy atom. The molecule has 0 unspecified atom stereocenters. The van der Waals surface area contributed by atoms with Crippen molar-refractivity contribution in [1.82, 2.24) is 0 Å². The third-order valence-electron chi connectivity index (χ3n) is 4.46. The lowest BCUT2D eigenvalue weighted by Crippen LogP contribution is -2.26. The molecule has 0 aliphatic rings. The molecule has 1 N–H and O–H groups in total. The number of esters is 1.